The Balaban J connectivity index is 1.87. The zero-order valence-corrected chi connectivity index (χ0v) is 17.0. The van der Waals surface area contributed by atoms with Crippen LogP contribution in [-0.2, 0) is 5.75 Å². The summed E-state index contributed by atoms with van der Waals surface area (Å²) in [5.74, 6) is -6.69. The van der Waals surface area contributed by atoms with E-state index in [1.54, 1.807) is 0 Å². The molecule has 3 aromatic heterocycles. The number of thioether (sulfide) groups is 1. The average Bonchev–Trinajstić information content (AvgIpc) is 3.18. The molecule has 3 heterocycles. The summed E-state index contributed by atoms with van der Waals surface area (Å²) in [6.45, 7) is 0. The normalized spacial score (nSPS) is 11.3. The van der Waals surface area contributed by atoms with E-state index in [1.807, 2.05) is 0 Å². The molecule has 0 amide bonds. The fourth-order valence-electron chi connectivity index (χ4n) is 2.69. The molecule has 4 rings (SSSR count). The highest BCUT2D eigenvalue weighted by molar-refractivity contribution is 7.98. The van der Waals surface area contributed by atoms with Crippen LogP contribution in [0.25, 0.3) is 16.0 Å². The summed E-state index contributed by atoms with van der Waals surface area (Å²) in [5, 5.41) is -0.225. The summed E-state index contributed by atoms with van der Waals surface area (Å²) in [5.41, 5.74) is -0.476. The molecule has 0 N–H and O–H groups in total. The Morgan fingerprint density at radius 2 is 1.77 bits per heavy atom. The van der Waals surface area contributed by atoms with Crippen LogP contribution in [0.15, 0.2) is 33.7 Å². The maximum atomic E-state index is 14.6. The van der Waals surface area contributed by atoms with E-state index in [9.17, 15) is 26.7 Å². The van der Waals surface area contributed by atoms with Crippen LogP contribution < -0.4 is 10.3 Å². The monoisotopic (exact) mass is 472 g/mol. The van der Waals surface area contributed by atoms with Crippen molar-refractivity contribution in [3.05, 3.63) is 68.8 Å². The first-order valence-corrected chi connectivity index (χ1v) is 10.2. The zero-order valence-electron chi connectivity index (χ0n) is 15.3. The van der Waals surface area contributed by atoms with Gasteiger partial charge in [-0.3, -0.25) is 4.79 Å². The molecule has 1 aromatic carbocycles. The van der Waals surface area contributed by atoms with Crippen LogP contribution in [0.4, 0.5) is 22.0 Å². The van der Waals surface area contributed by atoms with Crippen LogP contribution in [0.5, 0.6) is 5.88 Å². The van der Waals surface area contributed by atoms with Gasteiger partial charge in [0.15, 0.2) is 16.6 Å². The van der Waals surface area contributed by atoms with Gasteiger partial charge in [-0.15, -0.1) is 11.3 Å². The first-order chi connectivity index (χ1) is 14.8. The molecule has 0 saturated carbocycles. The number of pyridine rings is 1. The molecule has 0 aliphatic rings. The Morgan fingerprint density at radius 1 is 1.06 bits per heavy atom. The minimum Gasteiger partial charge on any atom is -0.479 e. The predicted molar refractivity (Wildman–Crippen MR) is 103 cm³/mol. The molecule has 0 saturated heterocycles. The van der Waals surface area contributed by atoms with Crippen LogP contribution in [0, 0.1) is 29.2 Å². The lowest BCUT2D eigenvalue weighted by Crippen LogP contribution is -2.23. The zero-order chi connectivity index (χ0) is 22.3. The molecule has 6 nitrogen and oxygen atoms in total. The van der Waals surface area contributed by atoms with Gasteiger partial charge in [0.05, 0.1) is 12.6 Å². The van der Waals surface area contributed by atoms with E-state index in [0.29, 0.717) is 30.0 Å². The number of methoxy groups -OCH3 is 1. The van der Waals surface area contributed by atoms with Crippen molar-refractivity contribution in [1.82, 2.24) is 19.5 Å². The van der Waals surface area contributed by atoms with Gasteiger partial charge in [-0.1, -0.05) is 11.8 Å². The van der Waals surface area contributed by atoms with E-state index in [4.69, 9.17) is 0 Å². The number of hydrogen-bond acceptors (Lipinski definition) is 7. The Bertz CT molecular complexity index is 1350. The van der Waals surface area contributed by atoms with Crippen LogP contribution in [0.1, 0.15) is 5.56 Å². The first kappa shape index (κ1) is 21.2. The van der Waals surface area contributed by atoms with Crippen molar-refractivity contribution in [2.24, 2.45) is 0 Å². The van der Waals surface area contributed by atoms with Gasteiger partial charge in [0.2, 0.25) is 5.95 Å². The van der Waals surface area contributed by atoms with Crippen LogP contribution in [-0.4, -0.2) is 26.6 Å². The van der Waals surface area contributed by atoms with E-state index < -0.39 is 57.7 Å². The third kappa shape index (κ3) is 3.85. The molecule has 0 radical (unpaired) electrons. The summed E-state index contributed by atoms with van der Waals surface area (Å²) in [4.78, 5) is 24.4. The van der Waals surface area contributed by atoms with Gasteiger partial charge in [-0.05, 0) is 0 Å². The van der Waals surface area contributed by atoms with Gasteiger partial charge in [-0.2, -0.15) is 9.37 Å². The fraction of sp³-hybridized carbons (Fsp3) is 0.111. The van der Waals surface area contributed by atoms with Gasteiger partial charge in [-0.25, -0.2) is 32.1 Å². The molecule has 0 atom stereocenters. The summed E-state index contributed by atoms with van der Waals surface area (Å²) < 4.78 is 75.3. The van der Waals surface area contributed by atoms with Crippen molar-refractivity contribution in [3.63, 3.8) is 0 Å². The van der Waals surface area contributed by atoms with E-state index in [-0.39, 0.29) is 15.5 Å². The average molecular weight is 472 g/mol. The number of halogens is 5. The Hall–Kier alpha value is -3.06. The largest absolute Gasteiger partial charge is 0.479 e. The predicted octanol–water partition coefficient (Wildman–Crippen LogP) is 4.23. The van der Waals surface area contributed by atoms with E-state index >= 15 is 0 Å². The lowest BCUT2D eigenvalue weighted by atomic mass is 10.2. The van der Waals surface area contributed by atoms with Crippen molar-refractivity contribution in [1.29, 1.82) is 0 Å². The lowest BCUT2D eigenvalue weighted by Gasteiger charge is -2.13. The van der Waals surface area contributed by atoms with Crippen molar-refractivity contribution in [3.8, 4) is 11.6 Å². The van der Waals surface area contributed by atoms with Crippen LogP contribution >= 0.6 is 23.1 Å². The highest BCUT2D eigenvalue weighted by Gasteiger charge is 2.22. The number of rotatable bonds is 5. The van der Waals surface area contributed by atoms with Crippen molar-refractivity contribution >= 4 is 33.4 Å². The molecule has 0 unspecified atom stereocenters. The van der Waals surface area contributed by atoms with Crippen molar-refractivity contribution in [2.75, 3.05) is 7.11 Å². The second-order valence-corrected chi connectivity index (χ2v) is 7.76. The fourth-order valence-corrected chi connectivity index (χ4v) is 4.36. The second kappa shape index (κ2) is 8.23. The van der Waals surface area contributed by atoms with E-state index in [0.717, 1.165) is 23.0 Å². The summed E-state index contributed by atoms with van der Waals surface area (Å²) in [7, 11) is 1.09. The van der Waals surface area contributed by atoms with Crippen LogP contribution in [0.3, 0.4) is 0 Å². The second-order valence-electron chi connectivity index (χ2n) is 5.97. The summed E-state index contributed by atoms with van der Waals surface area (Å²) in [6, 6.07) is 1.71. The highest BCUT2D eigenvalue weighted by atomic mass is 32.2. The molecule has 0 fully saturated rings. The number of aromatic nitrogens is 4. The maximum Gasteiger partial charge on any atom is 0.278 e. The van der Waals surface area contributed by atoms with Gasteiger partial charge in [0, 0.05) is 29.5 Å². The first-order valence-electron chi connectivity index (χ1n) is 8.33. The quantitative estimate of drug-likeness (QED) is 0.187. The van der Waals surface area contributed by atoms with Gasteiger partial charge in [0.1, 0.15) is 27.8 Å². The third-order valence-electron chi connectivity index (χ3n) is 4.10. The lowest BCUT2D eigenvalue weighted by molar-refractivity contribution is 0.358. The van der Waals surface area contributed by atoms with Gasteiger partial charge in [0.25, 0.3) is 11.4 Å². The smallest absolute Gasteiger partial charge is 0.278 e. The topological polar surface area (TPSA) is 69.9 Å². The Morgan fingerprint density at radius 3 is 2.45 bits per heavy atom. The summed E-state index contributed by atoms with van der Waals surface area (Å²) in [6.07, 6.45) is 0. The Kier molecular flexibility index (Phi) is 5.62. The standard InChI is InChI=1S/C18H9F5N4O2S2/c1-29-16-11(22)4-12(14(23)25-16)27-17(28)13-15(24-6-31-13)26-18(27)30-5-8-9(20)2-7(19)3-10(8)21/h2-4,6H,5H2,1H3. The SMILES string of the molecule is COc1nc(F)c(-n2c(SCc3c(F)cc(F)cc3F)nc3ncsc3c2=O)cc1F. The molecule has 0 aliphatic heterocycles. The maximum absolute atomic E-state index is 14.6. The van der Waals surface area contributed by atoms with E-state index in [2.05, 4.69) is 19.7 Å². The molecule has 0 bridgehead atoms. The molecule has 0 spiro atoms. The molecule has 31 heavy (non-hydrogen) atoms. The van der Waals surface area contributed by atoms with Gasteiger partial charge < -0.3 is 4.74 Å². The molecule has 160 valence electrons. The number of nitrogens with zero attached hydrogens (tertiary/aromatic N) is 4. The number of fused-ring (bicyclic) bond motifs is 1. The van der Waals surface area contributed by atoms with Crippen LogP contribution in [0.2, 0.25) is 0 Å². The molecule has 13 heteroatoms. The van der Waals surface area contributed by atoms with E-state index in [1.165, 1.54) is 5.51 Å². The third-order valence-corrected chi connectivity index (χ3v) is 5.87. The number of ether oxygens (including phenoxy) is 1. The molecular formula is C18H9F5N4O2S2. The number of benzene rings is 1. The number of hydrogen-bond donors (Lipinski definition) is 0. The minimum absolute atomic E-state index is 0.0242. The molecule has 4 aromatic rings. The Labute approximate surface area is 178 Å². The number of thiazole rings is 1. The molecular weight excluding hydrogens is 463 g/mol. The van der Waals surface area contributed by atoms with Crippen molar-refractivity contribution in [2.45, 2.75) is 10.9 Å². The summed E-state index contributed by atoms with van der Waals surface area (Å²) >= 11 is 1.58. The van der Waals surface area contributed by atoms with Gasteiger partial charge >= 0.3 is 0 Å². The van der Waals surface area contributed by atoms with Crippen molar-refractivity contribution < 1.29 is 26.7 Å². The highest BCUT2D eigenvalue weighted by Crippen LogP contribution is 2.29. The molecule has 0 aliphatic carbocycles. The minimum atomic E-state index is -1.23.